The van der Waals surface area contributed by atoms with Gasteiger partial charge in [0, 0.05) is 36.7 Å². The van der Waals surface area contributed by atoms with Gasteiger partial charge in [-0.25, -0.2) is 0 Å². The number of carbonyl (C=O) groups excluding carboxylic acids is 1. The van der Waals surface area contributed by atoms with Gasteiger partial charge in [0.2, 0.25) is 0 Å². The molecule has 1 atom stereocenters. The average Bonchev–Trinajstić information content (AvgIpc) is 2.50. The SMILES string of the molecule is CCCNC(=O)c1cccc(CNC(C)C(C)(C)CO)c1. The first kappa shape index (κ1) is 17.7. The molecule has 4 heteroatoms. The van der Waals surface area contributed by atoms with Crippen molar-refractivity contribution < 1.29 is 9.90 Å². The molecule has 0 radical (unpaired) electrons. The van der Waals surface area contributed by atoms with Gasteiger partial charge in [0.15, 0.2) is 0 Å². The van der Waals surface area contributed by atoms with E-state index in [1.54, 1.807) is 0 Å². The molecule has 0 aliphatic rings. The molecule has 4 nitrogen and oxygen atoms in total. The van der Waals surface area contributed by atoms with Gasteiger partial charge in [0.25, 0.3) is 5.91 Å². The van der Waals surface area contributed by atoms with Gasteiger partial charge in [0.05, 0.1) is 0 Å². The fourth-order valence-corrected chi connectivity index (χ4v) is 1.85. The Morgan fingerprint density at radius 3 is 2.71 bits per heavy atom. The van der Waals surface area contributed by atoms with Crippen LogP contribution in [0.15, 0.2) is 24.3 Å². The van der Waals surface area contributed by atoms with Crippen LogP contribution in [0.25, 0.3) is 0 Å². The molecule has 0 bridgehead atoms. The molecular formula is C17H28N2O2. The molecule has 0 aromatic heterocycles. The van der Waals surface area contributed by atoms with Gasteiger partial charge in [-0.3, -0.25) is 4.79 Å². The summed E-state index contributed by atoms with van der Waals surface area (Å²) < 4.78 is 0. The summed E-state index contributed by atoms with van der Waals surface area (Å²) in [6.07, 6.45) is 0.931. The monoisotopic (exact) mass is 292 g/mol. The lowest BCUT2D eigenvalue weighted by atomic mass is 9.86. The molecule has 118 valence electrons. The zero-order valence-electron chi connectivity index (χ0n) is 13.6. The highest BCUT2D eigenvalue weighted by Crippen LogP contribution is 2.19. The van der Waals surface area contributed by atoms with E-state index in [1.165, 1.54) is 0 Å². The Morgan fingerprint density at radius 2 is 2.10 bits per heavy atom. The normalized spacial score (nSPS) is 13.0. The Hall–Kier alpha value is -1.39. The molecule has 21 heavy (non-hydrogen) atoms. The van der Waals surface area contributed by atoms with Crippen LogP contribution in [-0.4, -0.2) is 30.2 Å². The van der Waals surface area contributed by atoms with E-state index >= 15 is 0 Å². The summed E-state index contributed by atoms with van der Waals surface area (Å²) in [5, 5.41) is 15.7. The number of aliphatic hydroxyl groups excluding tert-OH is 1. The predicted octanol–water partition coefficient (Wildman–Crippen LogP) is 2.32. The Morgan fingerprint density at radius 1 is 1.38 bits per heavy atom. The molecule has 0 aliphatic heterocycles. The minimum Gasteiger partial charge on any atom is -0.396 e. The van der Waals surface area contributed by atoms with E-state index in [1.807, 2.05) is 45.0 Å². The number of carbonyl (C=O) groups is 1. The van der Waals surface area contributed by atoms with E-state index in [4.69, 9.17) is 0 Å². The maximum atomic E-state index is 11.9. The van der Waals surface area contributed by atoms with E-state index in [0.717, 1.165) is 12.0 Å². The molecule has 1 unspecified atom stereocenters. The first-order valence-electron chi connectivity index (χ1n) is 7.62. The maximum absolute atomic E-state index is 11.9. The zero-order valence-corrected chi connectivity index (χ0v) is 13.6. The Kier molecular flexibility index (Phi) is 6.85. The molecule has 1 aromatic rings. The number of benzene rings is 1. The van der Waals surface area contributed by atoms with Crippen molar-refractivity contribution in [3.05, 3.63) is 35.4 Å². The highest BCUT2D eigenvalue weighted by molar-refractivity contribution is 5.94. The predicted molar refractivity (Wildman–Crippen MR) is 86.2 cm³/mol. The largest absolute Gasteiger partial charge is 0.396 e. The standard InChI is InChI=1S/C17H28N2O2/c1-5-9-18-16(21)15-8-6-7-14(10-15)11-19-13(2)17(3,4)12-20/h6-8,10,13,19-20H,5,9,11-12H2,1-4H3,(H,18,21). The van der Waals surface area contributed by atoms with E-state index in [9.17, 15) is 9.90 Å². The molecule has 0 saturated heterocycles. The van der Waals surface area contributed by atoms with E-state index in [2.05, 4.69) is 17.6 Å². The summed E-state index contributed by atoms with van der Waals surface area (Å²) in [4.78, 5) is 11.9. The number of amides is 1. The molecular weight excluding hydrogens is 264 g/mol. The number of hydrogen-bond acceptors (Lipinski definition) is 3. The Balaban J connectivity index is 2.63. The van der Waals surface area contributed by atoms with Crippen LogP contribution < -0.4 is 10.6 Å². The van der Waals surface area contributed by atoms with E-state index < -0.39 is 0 Å². The van der Waals surface area contributed by atoms with Gasteiger partial charge in [-0.2, -0.15) is 0 Å². The van der Waals surface area contributed by atoms with Crippen molar-refractivity contribution in [3.63, 3.8) is 0 Å². The second-order valence-electron chi connectivity index (χ2n) is 6.21. The first-order valence-corrected chi connectivity index (χ1v) is 7.62. The minimum atomic E-state index is -0.171. The van der Waals surface area contributed by atoms with Gasteiger partial charge in [0.1, 0.15) is 0 Å². The van der Waals surface area contributed by atoms with Gasteiger partial charge >= 0.3 is 0 Å². The fraction of sp³-hybridized carbons (Fsp3) is 0.588. The molecule has 1 aromatic carbocycles. The fourth-order valence-electron chi connectivity index (χ4n) is 1.85. The minimum absolute atomic E-state index is 0.0255. The Labute approximate surface area is 128 Å². The van der Waals surface area contributed by atoms with Gasteiger partial charge in [-0.1, -0.05) is 32.9 Å². The summed E-state index contributed by atoms with van der Waals surface area (Å²) in [5.74, 6) is -0.0255. The smallest absolute Gasteiger partial charge is 0.251 e. The third-order valence-corrected chi connectivity index (χ3v) is 3.92. The summed E-state index contributed by atoms with van der Waals surface area (Å²) >= 11 is 0. The lowest BCUT2D eigenvalue weighted by Crippen LogP contribution is -2.41. The summed E-state index contributed by atoms with van der Waals surface area (Å²) in [6.45, 7) is 9.67. The Bertz CT molecular complexity index is 458. The summed E-state index contributed by atoms with van der Waals surface area (Å²) in [6, 6.07) is 7.83. The van der Waals surface area contributed by atoms with Crippen LogP contribution >= 0.6 is 0 Å². The van der Waals surface area contributed by atoms with Crippen LogP contribution in [0.4, 0.5) is 0 Å². The summed E-state index contributed by atoms with van der Waals surface area (Å²) in [5.41, 5.74) is 1.59. The highest BCUT2D eigenvalue weighted by atomic mass is 16.3. The van der Waals surface area contributed by atoms with Crippen molar-refractivity contribution in [2.24, 2.45) is 5.41 Å². The molecule has 0 aliphatic carbocycles. The second-order valence-corrected chi connectivity index (χ2v) is 6.21. The van der Waals surface area contributed by atoms with Gasteiger partial charge in [-0.15, -0.1) is 0 Å². The van der Waals surface area contributed by atoms with Gasteiger partial charge in [-0.05, 0) is 31.0 Å². The number of nitrogens with one attached hydrogen (secondary N) is 2. The van der Waals surface area contributed by atoms with Crippen molar-refractivity contribution in [1.82, 2.24) is 10.6 Å². The van der Waals surface area contributed by atoms with E-state index in [0.29, 0.717) is 18.7 Å². The van der Waals surface area contributed by atoms with Crippen molar-refractivity contribution in [2.75, 3.05) is 13.2 Å². The van der Waals surface area contributed by atoms with Crippen molar-refractivity contribution in [1.29, 1.82) is 0 Å². The number of hydrogen-bond donors (Lipinski definition) is 3. The van der Waals surface area contributed by atoms with Crippen LogP contribution in [0.2, 0.25) is 0 Å². The third kappa shape index (κ3) is 5.48. The molecule has 1 rings (SSSR count). The van der Waals surface area contributed by atoms with Crippen LogP contribution in [0, 0.1) is 5.41 Å². The van der Waals surface area contributed by atoms with E-state index in [-0.39, 0.29) is 24.0 Å². The van der Waals surface area contributed by atoms with Crippen LogP contribution in [-0.2, 0) is 6.54 Å². The molecule has 0 saturated carbocycles. The third-order valence-electron chi connectivity index (χ3n) is 3.92. The lowest BCUT2D eigenvalue weighted by Gasteiger charge is -2.30. The lowest BCUT2D eigenvalue weighted by molar-refractivity contribution is 0.0953. The van der Waals surface area contributed by atoms with Crippen molar-refractivity contribution in [2.45, 2.75) is 46.7 Å². The quantitative estimate of drug-likeness (QED) is 0.689. The van der Waals surface area contributed by atoms with Crippen molar-refractivity contribution in [3.8, 4) is 0 Å². The zero-order chi connectivity index (χ0) is 15.9. The molecule has 3 N–H and O–H groups in total. The number of aliphatic hydroxyl groups is 1. The maximum Gasteiger partial charge on any atom is 0.251 e. The van der Waals surface area contributed by atoms with Crippen LogP contribution in [0.1, 0.15) is 50.0 Å². The highest BCUT2D eigenvalue weighted by Gasteiger charge is 2.24. The molecule has 0 spiro atoms. The average molecular weight is 292 g/mol. The van der Waals surface area contributed by atoms with Crippen LogP contribution in [0.5, 0.6) is 0 Å². The summed E-state index contributed by atoms with van der Waals surface area (Å²) in [7, 11) is 0. The first-order chi connectivity index (χ1) is 9.90. The number of rotatable bonds is 8. The van der Waals surface area contributed by atoms with Crippen molar-refractivity contribution >= 4 is 5.91 Å². The topological polar surface area (TPSA) is 61.4 Å². The van der Waals surface area contributed by atoms with Gasteiger partial charge < -0.3 is 15.7 Å². The second kappa shape index (κ2) is 8.15. The molecule has 1 amide bonds. The van der Waals surface area contributed by atoms with Crippen LogP contribution in [0.3, 0.4) is 0 Å². The molecule has 0 fully saturated rings. The molecule has 0 heterocycles.